The molecule has 0 atom stereocenters. The highest BCUT2D eigenvalue weighted by molar-refractivity contribution is 5.94. The van der Waals surface area contributed by atoms with E-state index in [0.717, 1.165) is 24.0 Å². The number of benzene rings is 2. The maximum atomic E-state index is 12.3. The lowest BCUT2D eigenvalue weighted by atomic mass is 10.0. The van der Waals surface area contributed by atoms with E-state index in [-0.39, 0.29) is 17.9 Å². The van der Waals surface area contributed by atoms with Gasteiger partial charge in [0.2, 0.25) is 5.91 Å². The molecule has 3 rings (SSSR count). The molecule has 4 nitrogen and oxygen atoms in total. The summed E-state index contributed by atoms with van der Waals surface area (Å²) in [6.07, 6.45) is 5.03. The van der Waals surface area contributed by atoms with Crippen molar-refractivity contribution in [3.8, 4) is 0 Å². The minimum Gasteiger partial charge on any atom is -0.349 e. The third-order valence-electron chi connectivity index (χ3n) is 4.67. The summed E-state index contributed by atoms with van der Waals surface area (Å²) in [7, 11) is 0. The van der Waals surface area contributed by atoms with Crippen LogP contribution in [0.5, 0.6) is 0 Å². The van der Waals surface area contributed by atoms with Gasteiger partial charge in [-0.25, -0.2) is 0 Å². The van der Waals surface area contributed by atoms with Gasteiger partial charge in [0, 0.05) is 30.8 Å². The number of carbonyl (C=O) groups excluding carboxylic acids is 2. The van der Waals surface area contributed by atoms with Gasteiger partial charge in [0.25, 0.3) is 5.91 Å². The molecule has 1 saturated heterocycles. The highest BCUT2D eigenvalue weighted by Gasteiger charge is 2.23. The van der Waals surface area contributed by atoms with Gasteiger partial charge in [0.1, 0.15) is 0 Å². The molecule has 2 aromatic carbocycles. The summed E-state index contributed by atoms with van der Waals surface area (Å²) in [5.74, 6) is -0.0177. The largest absolute Gasteiger partial charge is 0.349 e. The van der Waals surface area contributed by atoms with Gasteiger partial charge in [0.15, 0.2) is 0 Å². The Kier molecular flexibility index (Phi) is 5.84. The topological polar surface area (TPSA) is 49.4 Å². The molecule has 4 heteroatoms. The number of piperidine rings is 1. The lowest BCUT2D eigenvalue weighted by Gasteiger charge is -2.31. The van der Waals surface area contributed by atoms with Crippen molar-refractivity contribution >= 4 is 17.9 Å². The minimum absolute atomic E-state index is 0.0252. The molecule has 0 aliphatic carbocycles. The molecule has 0 radical (unpaired) electrons. The van der Waals surface area contributed by atoms with E-state index in [1.165, 1.54) is 0 Å². The third-order valence-corrected chi connectivity index (χ3v) is 4.67. The average Bonchev–Trinajstić information content (AvgIpc) is 2.68. The molecule has 0 aromatic heterocycles. The van der Waals surface area contributed by atoms with Crippen molar-refractivity contribution in [3.63, 3.8) is 0 Å². The maximum absolute atomic E-state index is 12.3. The maximum Gasteiger partial charge on any atom is 0.251 e. The number of amides is 2. The van der Waals surface area contributed by atoms with E-state index in [1.54, 1.807) is 6.08 Å². The predicted molar refractivity (Wildman–Crippen MR) is 104 cm³/mol. The average molecular weight is 348 g/mol. The quantitative estimate of drug-likeness (QED) is 0.861. The third kappa shape index (κ3) is 4.82. The van der Waals surface area contributed by atoms with Crippen molar-refractivity contribution in [2.45, 2.75) is 25.8 Å². The van der Waals surface area contributed by atoms with Crippen LogP contribution in [0.3, 0.4) is 0 Å². The van der Waals surface area contributed by atoms with E-state index in [9.17, 15) is 9.59 Å². The normalized spacial score (nSPS) is 15.2. The zero-order valence-electron chi connectivity index (χ0n) is 15.0. The van der Waals surface area contributed by atoms with E-state index in [1.807, 2.05) is 72.5 Å². The molecule has 2 aromatic rings. The Balaban J connectivity index is 1.48. The van der Waals surface area contributed by atoms with Gasteiger partial charge in [-0.05, 0) is 43.5 Å². The number of carbonyl (C=O) groups is 2. The van der Waals surface area contributed by atoms with Crippen LogP contribution in [-0.2, 0) is 4.79 Å². The standard InChI is InChI=1S/C22H24N2O2/c1-17-7-10-19(11-8-17)22(26)23-20-13-15-24(16-14-20)21(25)12-9-18-5-3-2-4-6-18/h2-12,20H,13-16H2,1H3,(H,23,26)/b12-9+. The second-order valence-corrected chi connectivity index (χ2v) is 6.68. The fourth-order valence-corrected chi connectivity index (χ4v) is 3.05. The predicted octanol–water partition coefficient (Wildman–Crippen LogP) is 3.43. The number of hydrogen-bond donors (Lipinski definition) is 1. The molecule has 1 heterocycles. The zero-order valence-corrected chi connectivity index (χ0v) is 15.0. The summed E-state index contributed by atoms with van der Waals surface area (Å²) < 4.78 is 0. The SMILES string of the molecule is Cc1ccc(C(=O)NC2CCN(C(=O)/C=C/c3ccccc3)CC2)cc1. The van der Waals surface area contributed by atoms with Gasteiger partial charge in [-0.2, -0.15) is 0 Å². The highest BCUT2D eigenvalue weighted by atomic mass is 16.2. The number of likely N-dealkylation sites (tertiary alicyclic amines) is 1. The molecule has 1 aliphatic heterocycles. The second kappa shape index (κ2) is 8.48. The van der Waals surface area contributed by atoms with E-state index in [0.29, 0.717) is 18.7 Å². The molecule has 0 spiro atoms. The minimum atomic E-state index is -0.0428. The molecule has 26 heavy (non-hydrogen) atoms. The van der Waals surface area contributed by atoms with E-state index < -0.39 is 0 Å². The van der Waals surface area contributed by atoms with Crippen molar-refractivity contribution in [3.05, 3.63) is 77.4 Å². The summed E-state index contributed by atoms with van der Waals surface area (Å²) in [4.78, 5) is 26.4. The number of rotatable bonds is 4. The van der Waals surface area contributed by atoms with E-state index >= 15 is 0 Å². The fraction of sp³-hybridized carbons (Fsp3) is 0.273. The highest BCUT2D eigenvalue weighted by Crippen LogP contribution is 2.13. The van der Waals surface area contributed by atoms with Crippen LogP contribution in [0.25, 0.3) is 6.08 Å². The van der Waals surface area contributed by atoms with Crippen LogP contribution in [0.15, 0.2) is 60.7 Å². The van der Waals surface area contributed by atoms with Gasteiger partial charge in [0.05, 0.1) is 0 Å². The Bertz CT molecular complexity index is 774. The van der Waals surface area contributed by atoms with Crippen LogP contribution in [0, 0.1) is 6.92 Å². The first-order valence-electron chi connectivity index (χ1n) is 9.01. The molecule has 1 fully saturated rings. The van der Waals surface area contributed by atoms with Gasteiger partial charge >= 0.3 is 0 Å². The number of hydrogen-bond acceptors (Lipinski definition) is 2. The summed E-state index contributed by atoms with van der Waals surface area (Å²) in [6.45, 7) is 3.33. The molecule has 1 aliphatic rings. The molecule has 0 unspecified atom stereocenters. The fourth-order valence-electron chi connectivity index (χ4n) is 3.05. The van der Waals surface area contributed by atoms with Crippen molar-refractivity contribution in [2.24, 2.45) is 0 Å². The van der Waals surface area contributed by atoms with Gasteiger partial charge < -0.3 is 10.2 Å². The van der Waals surface area contributed by atoms with Crippen LogP contribution in [0.4, 0.5) is 0 Å². The van der Waals surface area contributed by atoms with Crippen molar-refractivity contribution in [2.75, 3.05) is 13.1 Å². The number of aryl methyl sites for hydroxylation is 1. The Morgan fingerprint density at radius 2 is 1.65 bits per heavy atom. The number of nitrogens with one attached hydrogen (secondary N) is 1. The summed E-state index contributed by atoms with van der Waals surface area (Å²) in [5.41, 5.74) is 2.83. The van der Waals surface area contributed by atoms with Crippen molar-refractivity contribution < 1.29 is 9.59 Å². The lowest BCUT2D eigenvalue weighted by molar-refractivity contribution is -0.126. The van der Waals surface area contributed by atoms with Crippen LogP contribution in [-0.4, -0.2) is 35.8 Å². The molecule has 2 amide bonds. The van der Waals surface area contributed by atoms with Crippen LogP contribution < -0.4 is 5.32 Å². The van der Waals surface area contributed by atoms with Crippen LogP contribution >= 0.6 is 0 Å². The van der Waals surface area contributed by atoms with E-state index in [4.69, 9.17) is 0 Å². The van der Waals surface area contributed by atoms with E-state index in [2.05, 4.69) is 5.32 Å². The molecule has 134 valence electrons. The monoisotopic (exact) mass is 348 g/mol. The Labute approximate surface area is 154 Å². The molecular formula is C22H24N2O2. The Hall–Kier alpha value is -2.88. The zero-order chi connectivity index (χ0) is 18.4. The second-order valence-electron chi connectivity index (χ2n) is 6.68. The Morgan fingerprint density at radius 3 is 2.31 bits per heavy atom. The van der Waals surface area contributed by atoms with Crippen LogP contribution in [0.1, 0.15) is 34.3 Å². The summed E-state index contributed by atoms with van der Waals surface area (Å²) >= 11 is 0. The van der Waals surface area contributed by atoms with Gasteiger partial charge in [-0.15, -0.1) is 0 Å². The first-order chi connectivity index (χ1) is 12.6. The number of nitrogens with zero attached hydrogens (tertiary/aromatic N) is 1. The first-order valence-corrected chi connectivity index (χ1v) is 9.01. The summed E-state index contributed by atoms with van der Waals surface area (Å²) in [6, 6.07) is 17.5. The first kappa shape index (κ1) is 17.9. The van der Waals surface area contributed by atoms with Crippen molar-refractivity contribution in [1.82, 2.24) is 10.2 Å². The summed E-state index contributed by atoms with van der Waals surface area (Å²) in [5, 5.41) is 3.08. The lowest BCUT2D eigenvalue weighted by Crippen LogP contribution is -2.46. The van der Waals surface area contributed by atoms with Gasteiger partial charge in [-0.3, -0.25) is 9.59 Å². The molecule has 0 bridgehead atoms. The van der Waals surface area contributed by atoms with Crippen molar-refractivity contribution in [1.29, 1.82) is 0 Å². The van der Waals surface area contributed by atoms with Crippen LogP contribution in [0.2, 0.25) is 0 Å². The smallest absolute Gasteiger partial charge is 0.251 e. The van der Waals surface area contributed by atoms with Gasteiger partial charge in [-0.1, -0.05) is 48.0 Å². The molecule has 0 saturated carbocycles. The Morgan fingerprint density at radius 1 is 1.00 bits per heavy atom. The molecule has 1 N–H and O–H groups in total. The molecular weight excluding hydrogens is 324 g/mol.